The average Bonchev–Trinajstić information content (AvgIpc) is 2.31. The van der Waals surface area contributed by atoms with E-state index in [1.54, 1.807) is 0 Å². The van der Waals surface area contributed by atoms with Crippen LogP contribution in [0.3, 0.4) is 0 Å². The Kier molecular flexibility index (Phi) is 3.68. The number of nitrogens with zero attached hydrogens (tertiary/aromatic N) is 1. The molecule has 0 aromatic rings. The van der Waals surface area contributed by atoms with E-state index < -0.39 is 0 Å². The van der Waals surface area contributed by atoms with Crippen LogP contribution in [0.5, 0.6) is 0 Å². The lowest BCUT2D eigenvalue weighted by atomic mass is 9.79. The van der Waals surface area contributed by atoms with Crippen molar-refractivity contribution in [2.24, 2.45) is 5.92 Å². The molecule has 0 amide bonds. The molecule has 0 unspecified atom stereocenters. The zero-order chi connectivity index (χ0) is 10.7. The van der Waals surface area contributed by atoms with E-state index in [0.717, 1.165) is 19.1 Å². The van der Waals surface area contributed by atoms with Gasteiger partial charge < -0.3 is 4.74 Å². The molecule has 0 N–H and O–H groups in total. The van der Waals surface area contributed by atoms with E-state index in [0.29, 0.717) is 5.54 Å². The van der Waals surface area contributed by atoms with Crippen LogP contribution < -0.4 is 0 Å². The molecule has 88 valence electrons. The van der Waals surface area contributed by atoms with E-state index in [4.69, 9.17) is 4.74 Å². The van der Waals surface area contributed by atoms with Gasteiger partial charge in [-0.15, -0.1) is 0 Å². The number of ether oxygens (including phenoxy) is 1. The van der Waals surface area contributed by atoms with Crippen molar-refractivity contribution in [3.63, 3.8) is 0 Å². The highest BCUT2D eigenvalue weighted by molar-refractivity contribution is 4.90. The first kappa shape index (κ1) is 11.4. The largest absolute Gasteiger partial charge is 0.381 e. The van der Waals surface area contributed by atoms with Gasteiger partial charge in [0.2, 0.25) is 0 Å². The van der Waals surface area contributed by atoms with Crippen LogP contribution >= 0.6 is 0 Å². The Morgan fingerprint density at radius 1 is 1.00 bits per heavy atom. The third-order valence-electron chi connectivity index (χ3n) is 4.39. The van der Waals surface area contributed by atoms with Gasteiger partial charge in [-0.25, -0.2) is 0 Å². The molecule has 2 nitrogen and oxygen atoms in total. The molecule has 0 aromatic heterocycles. The molecular weight excluding hydrogens is 186 g/mol. The predicted octanol–water partition coefficient (Wildman–Crippen LogP) is 2.68. The van der Waals surface area contributed by atoms with Crippen molar-refractivity contribution in [3.8, 4) is 0 Å². The zero-order valence-electron chi connectivity index (χ0n) is 10.3. The highest BCUT2D eigenvalue weighted by Gasteiger charge is 2.36. The van der Waals surface area contributed by atoms with E-state index in [-0.39, 0.29) is 0 Å². The molecule has 0 saturated carbocycles. The van der Waals surface area contributed by atoms with Crippen LogP contribution in [0.4, 0.5) is 0 Å². The van der Waals surface area contributed by atoms with E-state index in [2.05, 4.69) is 18.7 Å². The van der Waals surface area contributed by atoms with Gasteiger partial charge in [0, 0.05) is 18.8 Å². The molecule has 2 fully saturated rings. The molecule has 2 heterocycles. The lowest BCUT2D eigenvalue weighted by molar-refractivity contribution is -0.0189. The monoisotopic (exact) mass is 211 g/mol. The topological polar surface area (TPSA) is 12.5 Å². The summed E-state index contributed by atoms with van der Waals surface area (Å²) in [6.45, 7) is 9.45. The van der Waals surface area contributed by atoms with Crippen LogP contribution in [0, 0.1) is 5.92 Å². The van der Waals surface area contributed by atoms with E-state index in [1.807, 2.05) is 0 Å². The van der Waals surface area contributed by atoms with Crippen LogP contribution in [0.15, 0.2) is 0 Å². The first-order valence-corrected chi connectivity index (χ1v) is 6.54. The van der Waals surface area contributed by atoms with Crippen molar-refractivity contribution in [3.05, 3.63) is 0 Å². The van der Waals surface area contributed by atoms with Gasteiger partial charge in [0.05, 0.1) is 0 Å². The maximum Gasteiger partial charge on any atom is 0.0469 e. The van der Waals surface area contributed by atoms with Gasteiger partial charge >= 0.3 is 0 Å². The number of hydrogen-bond donors (Lipinski definition) is 0. The van der Waals surface area contributed by atoms with Crippen molar-refractivity contribution < 1.29 is 4.74 Å². The maximum atomic E-state index is 5.46. The van der Waals surface area contributed by atoms with Crippen molar-refractivity contribution in [2.45, 2.75) is 51.5 Å². The fraction of sp³-hybridized carbons (Fsp3) is 1.00. The SMILES string of the molecule is CC(C)(C1CCOCC1)N1CCCCC1. The lowest BCUT2D eigenvalue weighted by Crippen LogP contribution is -2.52. The summed E-state index contributed by atoms with van der Waals surface area (Å²) in [7, 11) is 0. The number of piperidine rings is 1. The fourth-order valence-electron chi connectivity index (χ4n) is 3.13. The van der Waals surface area contributed by atoms with Gasteiger partial charge in [-0.3, -0.25) is 4.90 Å². The molecule has 2 aliphatic heterocycles. The third kappa shape index (κ3) is 2.54. The molecular formula is C13H25NO. The van der Waals surface area contributed by atoms with Crippen LogP contribution in [0.2, 0.25) is 0 Å². The second kappa shape index (κ2) is 4.84. The minimum atomic E-state index is 0.393. The Labute approximate surface area is 94.0 Å². The Balaban J connectivity index is 1.96. The minimum absolute atomic E-state index is 0.393. The predicted molar refractivity (Wildman–Crippen MR) is 63.0 cm³/mol. The fourth-order valence-corrected chi connectivity index (χ4v) is 3.13. The molecule has 15 heavy (non-hydrogen) atoms. The van der Waals surface area contributed by atoms with Crippen LogP contribution in [0.25, 0.3) is 0 Å². The quantitative estimate of drug-likeness (QED) is 0.696. The number of hydrogen-bond acceptors (Lipinski definition) is 2. The highest BCUT2D eigenvalue weighted by atomic mass is 16.5. The smallest absolute Gasteiger partial charge is 0.0469 e. The zero-order valence-corrected chi connectivity index (χ0v) is 10.3. The Morgan fingerprint density at radius 2 is 1.60 bits per heavy atom. The molecule has 2 rings (SSSR count). The van der Waals surface area contributed by atoms with E-state index in [9.17, 15) is 0 Å². The van der Waals surface area contributed by atoms with Crippen molar-refractivity contribution in [1.29, 1.82) is 0 Å². The molecule has 2 saturated heterocycles. The Bertz CT molecular complexity index is 171. The first-order valence-electron chi connectivity index (χ1n) is 6.54. The van der Waals surface area contributed by atoms with Gasteiger partial charge in [-0.2, -0.15) is 0 Å². The van der Waals surface area contributed by atoms with Gasteiger partial charge in [0.25, 0.3) is 0 Å². The average molecular weight is 211 g/mol. The van der Waals surface area contributed by atoms with E-state index in [1.165, 1.54) is 45.2 Å². The Morgan fingerprint density at radius 3 is 2.20 bits per heavy atom. The summed E-state index contributed by atoms with van der Waals surface area (Å²) in [5.74, 6) is 0.837. The molecule has 0 spiro atoms. The molecule has 0 radical (unpaired) electrons. The number of likely N-dealkylation sites (tertiary alicyclic amines) is 1. The summed E-state index contributed by atoms with van der Waals surface area (Å²) in [5.41, 5.74) is 0.393. The molecule has 2 heteroatoms. The number of rotatable bonds is 2. The normalized spacial score (nSPS) is 26.8. The minimum Gasteiger partial charge on any atom is -0.381 e. The van der Waals surface area contributed by atoms with Crippen molar-refractivity contribution >= 4 is 0 Å². The lowest BCUT2D eigenvalue weighted by Gasteiger charge is -2.47. The maximum absolute atomic E-state index is 5.46. The molecule has 0 bridgehead atoms. The van der Waals surface area contributed by atoms with Crippen molar-refractivity contribution in [1.82, 2.24) is 4.90 Å². The summed E-state index contributed by atoms with van der Waals surface area (Å²) in [5, 5.41) is 0. The summed E-state index contributed by atoms with van der Waals surface area (Å²) in [4.78, 5) is 2.71. The summed E-state index contributed by atoms with van der Waals surface area (Å²) in [6, 6.07) is 0. The van der Waals surface area contributed by atoms with Crippen LogP contribution in [0.1, 0.15) is 46.0 Å². The molecule has 0 aliphatic carbocycles. The van der Waals surface area contributed by atoms with Crippen molar-refractivity contribution in [2.75, 3.05) is 26.3 Å². The molecule has 2 aliphatic rings. The van der Waals surface area contributed by atoms with Crippen LogP contribution in [-0.4, -0.2) is 36.7 Å². The van der Waals surface area contributed by atoms with Gasteiger partial charge in [-0.05, 0) is 58.5 Å². The summed E-state index contributed by atoms with van der Waals surface area (Å²) < 4.78 is 5.46. The molecule has 0 atom stereocenters. The standard InChI is InChI=1S/C13H25NO/c1-13(2,12-6-10-15-11-7-12)14-8-4-3-5-9-14/h12H,3-11H2,1-2H3. The molecule has 0 aromatic carbocycles. The van der Waals surface area contributed by atoms with E-state index >= 15 is 0 Å². The third-order valence-corrected chi connectivity index (χ3v) is 4.39. The summed E-state index contributed by atoms with van der Waals surface area (Å²) >= 11 is 0. The first-order chi connectivity index (χ1) is 7.21. The van der Waals surface area contributed by atoms with Gasteiger partial charge in [0.15, 0.2) is 0 Å². The highest BCUT2D eigenvalue weighted by Crippen LogP contribution is 2.33. The second-order valence-corrected chi connectivity index (χ2v) is 5.59. The van der Waals surface area contributed by atoms with Gasteiger partial charge in [-0.1, -0.05) is 6.42 Å². The summed E-state index contributed by atoms with van der Waals surface area (Å²) in [6.07, 6.45) is 6.73. The Hall–Kier alpha value is -0.0800. The van der Waals surface area contributed by atoms with Crippen LogP contribution in [-0.2, 0) is 4.74 Å². The second-order valence-electron chi connectivity index (χ2n) is 5.59. The van der Waals surface area contributed by atoms with Gasteiger partial charge in [0.1, 0.15) is 0 Å².